The summed E-state index contributed by atoms with van der Waals surface area (Å²) in [4.78, 5) is 14.5. The molecule has 0 atom stereocenters. The summed E-state index contributed by atoms with van der Waals surface area (Å²) in [6.07, 6.45) is 0.925. The molecule has 2 aromatic carbocycles. The number of amides is 1. The molecule has 0 radical (unpaired) electrons. The van der Waals surface area contributed by atoms with Crippen LogP contribution in [0, 0.1) is 0 Å². The lowest BCUT2D eigenvalue weighted by molar-refractivity contribution is 0.0698. The highest BCUT2D eigenvalue weighted by Crippen LogP contribution is 2.21. The molecule has 0 bridgehead atoms. The van der Waals surface area contributed by atoms with E-state index in [9.17, 15) is 13.2 Å². The van der Waals surface area contributed by atoms with Crippen LogP contribution in [0.3, 0.4) is 0 Å². The van der Waals surface area contributed by atoms with Crippen LogP contribution in [0.15, 0.2) is 53.4 Å². The second kappa shape index (κ2) is 7.78. The lowest BCUT2D eigenvalue weighted by Gasteiger charge is -2.34. The molecule has 0 N–H and O–H groups in total. The predicted molar refractivity (Wildman–Crippen MR) is 102 cm³/mol. The van der Waals surface area contributed by atoms with Crippen LogP contribution in [0.4, 0.5) is 0 Å². The van der Waals surface area contributed by atoms with Crippen LogP contribution < -0.4 is 0 Å². The average molecular weight is 393 g/mol. The molecule has 1 saturated heterocycles. The lowest BCUT2D eigenvalue weighted by atomic mass is 10.1. The summed E-state index contributed by atoms with van der Waals surface area (Å²) in [5, 5.41) is 0.385. The van der Waals surface area contributed by atoms with Crippen LogP contribution in [0.5, 0.6) is 0 Å². The first-order valence-electron chi connectivity index (χ1n) is 8.56. The average Bonchev–Trinajstić information content (AvgIpc) is 2.67. The molecule has 3 rings (SSSR count). The van der Waals surface area contributed by atoms with Gasteiger partial charge in [-0.2, -0.15) is 4.31 Å². The van der Waals surface area contributed by atoms with E-state index in [1.807, 2.05) is 24.3 Å². The van der Waals surface area contributed by atoms with Crippen molar-refractivity contribution in [3.05, 3.63) is 64.7 Å². The lowest BCUT2D eigenvalue weighted by Crippen LogP contribution is -2.50. The van der Waals surface area contributed by atoms with Crippen molar-refractivity contribution in [1.29, 1.82) is 0 Å². The van der Waals surface area contributed by atoms with Gasteiger partial charge in [-0.05, 0) is 42.3 Å². The fourth-order valence-corrected chi connectivity index (χ4v) is 4.70. The molecule has 1 fully saturated rings. The summed E-state index contributed by atoms with van der Waals surface area (Å²) in [6.45, 7) is 3.35. The zero-order chi connectivity index (χ0) is 18.7. The highest BCUT2D eigenvalue weighted by Gasteiger charge is 2.30. The van der Waals surface area contributed by atoms with E-state index < -0.39 is 10.0 Å². The maximum atomic E-state index is 12.7. The largest absolute Gasteiger partial charge is 0.336 e. The molecule has 2 aromatic rings. The highest BCUT2D eigenvalue weighted by molar-refractivity contribution is 7.89. The van der Waals surface area contributed by atoms with Crippen LogP contribution >= 0.6 is 11.6 Å². The topological polar surface area (TPSA) is 57.7 Å². The van der Waals surface area contributed by atoms with Gasteiger partial charge in [-0.3, -0.25) is 4.79 Å². The Morgan fingerprint density at radius 2 is 1.69 bits per heavy atom. The van der Waals surface area contributed by atoms with Gasteiger partial charge < -0.3 is 4.90 Å². The van der Waals surface area contributed by atoms with E-state index >= 15 is 0 Å². The molecule has 0 aliphatic carbocycles. The number of aryl methyl sites for hydroxylation is 1. The second-order valence-electron chi connectivity index (χ2n) is 6.20. The summed E-state index contributed by atoms with van der Waals surface area (Å²) in [5.74, 6) is -0.0625. The number of carbonyl (C=O) groups is 1. The summed E-state index contributed by atoms with van der Waals surface area (Å²) in [6, 6.07) is 13.8. The zero-order valence-corrected chi connectivity index (χ0v) is 16.1. The number of piperazine rings is 1. The van der Waals surface area contributed by atoms with Crippen LogP contribution in [0.2, 0.25) is 5.02 Å². The predicted octanol–water partition coefficient (Wildman–Crippen LogP) is 3.05. The third-order valence-electron chi connectivity index (χ3n) is 4.57. The molecule has 0 spiro atoms. The molecule has 1 amide bonds. The molecule has 26 heavy (non-hydrogen) atoms. The van der Waals surface area contributed by atoms with Crippen molar-refractivity contribution in [2.24, 2.45) is 0 Å². The van der Waals surface area contributed by atoms with Crippen molar-refractivity contribution in [2.75, 3.05) is 26.2 Å². The number of rotatable bonds is 4. The third-order valence-corrected chi connectivity index (χ3v) is 6.70. The quantitative estimate of drug-likeness (QED) is 0.803. The van der Waals surface area contributed by atoms with Crippen molar-refractivity contribution in [1.82, 2.24) is 9.21 Å². The van der Waals surface area contributed by atoms with Gasteiger partial charge in [-0.1, -0.05) is 36.7 Å². The summed E-state index contributed by atoms with van der Waals surface area (Å²) in [7, 11) is -3.60. The Balaban J connectivity index is 1.67. The van der Waals surface area contributed by atoms with Gasteiger partial charge in [-0.15, -0.1) is 0 Å². The molecule has 0 saturated carbocycles. The van der Waals surface area contributed by atoms with Gasteiger partial charge in [0.2, 0.25) is 10.0 Å². The van der Waals surface area contributed by atoms with Gasteiger partial charge in [0, 0.05) is 36.8 Å². The monoisotopic (exact) mass is 392 g/mol. The van der Waals surface area contributed by atoms with Crippen molar-refractivity contribution >= 4 is 27.5 Å². The summed E-state index contributed by atoms with van der Waals surface area (Å²) >= 11 is 5.91. The van der Waals surface area contributed by atoms with Gasteiger partial charge in [-0.25, -0.2) is 8.42 Å². The van der Waals surface area contributed by atoms with E-state index in [1.165, 1.54) is 22.0 Å². The van der Waals surface area contributed by atoms with Crippen molar-refractivity contribution in [3.63, 3.8) is 0 Å². The minimum atomic E-state index is -3.60. The fraction of sp³-hybridized carbons (Fsp3) is 0.316. The van der Waals surface area contributed by atoms with E-state index in [4.69, 9.17) is 11.6 Å². The van der Waals surface area contributed by atoms with Gasteiger partial charge in [0.25, 0.3) is 5.91 Å². The maximum Gasteiger partial charge on any atom is 0.253 e. The molecule has 1 aliphatic rings. The second-order valence-corrected chi connectivity index (χ2v) is 8.58. The first kappa shape index (κ1) is 18.9. The van der Waals surface area contributed by atoms with E-state index in [0.717, 1.165) is 6.42 Å². The first-order valence-corrected chi connectivity index (χ1v) is 10.4. The van der Waals surface area contributed by atoms with E-state index in [1.54, 1.807) is 17.0 Å². The fourth-order valence-electron chi connectivity index (χ4n) is 2.97. The van der Waals surface area contributed by atoms with Gasteiger partial charge in [0.15, 0.2) is 0 Å². The molecule has 1 aliphatic heterocycles. The Labute approximate surface area is 159 Å². The smallest absolute Gasteiger partial charge is 0.253 e. The number of hydrogen-bond donors (Lipinski definition) is 0. The molecule has 0 aromatic heterocycles. The van der Waals surface area contributed by atoms with Crippen LogP contribution in [-0.4, -0.2) is 49.7 Å². The number of sulfonamides is 1. The van der Waals surface area contributed by atoms with E-state index in [2.05, 4.69) is 6.92 Å². The SMILES string of the molecule is CCc1ccc(C(=O)N2CCN(S(=O)(=O)c3cccc(Cl)c3)CC2)cc1. The van der Waals surface area contributed by atoms with Gasteiger partial charge >= 0.3 is 0 Å². The number of nitrogens with zero attached hydrogens (tertiary/aromatic N) is 2. The molecule has 5 nitrogen and oxygen atoms in total. The normalized spacial score (nSPS) is 15.8. The van der Waals surface area contributed by atoms with Crippen molar-refractivity contribution in [3.8, 4) is 0 Å². The van der Waals surface area contributed by atoms with Crippen LogP contribution in [-0.2, 0) is 16.4 Å². The molecule has 138 valence electrons. The number of carbonyl (C=O) groups excluding carboxylic acids is 1. The van der Waals surface area contributed by atoms with E-state index in [-0.39, 0.29) is 23.9 Å². The molecular formula is C19H21ClN2O3S. The minimum Gasteiger partial charge on any atom is -0.336 e. The number of benzene rings is 2. The highest BCUT2D eigenvalue weighted by atomic mass is 35.5. The van der Waals surface area contributed by atoms with Gasteiger partial charge in [0.1, 0.15) is 0 Å². The van der Waals surface area contributed by atoms with E-state index in [0.29, 0.717) is 23.7 Å². The Morgan fingerprint density at radius 1 is 1.04 bits per heavy atom. The van der Waals surface area contributed by atoms with Crippen molar-refractivity contribution in [2.45, 2.75) is 18.2 Å². The number of halogens is 1. The van der Waals surface area contributed by atoms with Gasteiger partial charge in [0.05, 0.1) is 4.90 Å². The molecular weight excluding hydrogens is 372 g/mol. The Bertz CT molecular complexity index is 889. The Kier molecular flexibility index (Phi) is 5.65. The molecule has 0 unspecified atom stereocenters. The maximum absolute atomic E-state index is 12.7. The standard InChI is InChI=1S/C19H21ClN2O3S/c1-2-15-6-8-16(9-7-15)19(23)21-10-12-22(13-11-21)26(24,25)18-5-3-4-17(20)14-18/h3-9,14H,2,10-13H2,1H3. The van der Waals surface area contributed by atoms with Crippen LogP contribution in [0.1, 0.15) is 22.8 Å². The Hall–Kier alpha value is -1.89. The van der Waals surface area contributed by atoms with Crippen LogP contribution in [0.25, 0.3) is 0 Å². The van der Waals surface area contributed by atoms with Crippen molar-refractivity contribution < 1.29 is 13.2 Å². The molecule has 7 heteroatoms. The zero-order valence-electron chi connectivity index (χ0n) is 14.6. The summed E-state index contributed by atoms with van der Waals surface area (Å²) < 4.78 is 26.8. The minimum absolute atomic E-state index is 0.0625. The number of hydrogen-bond acceptors (Lipinski definition) is 3. The summed E-state index contributed by atoms with van der Waals surface area (Å²) in [5.41, 5.74) is 1.81. The third kappa shape index (κ3) is 3.92. The first-order chi connectivity index (χ1) is 12.4. The Morgan fingerprint density at radius 3 is 2.27 bits per heavy atom. The molecule has 1 heterocycles.